The van der Waals surface area contributed by atoms with E-state index in [4.69, 9.17) is 14.2 Å². The second kappa shape index (κ2) is 15.0. The highest BCUT2D eigenvalue weighted by molar-refractivity contribution is 7.91. The summed E-state index contributed by atoms with van der Waals surface area (Å²) in [4.78, 5) is 64.5. The molecule has 19 heteroatoms. The van der Waals surface area contributed by atoms with Gasteiger partial charge in [0.05, 0.1) is 29.4 Å². The van der Waals surface area contributed by atoms with E-state index in [0.29, 0.717) is 44.3 Å². The van der Waals surface area contributed by atoms with Crippen molar-refractivity contribution >= 4 is 44.9 Å². The lowest BCUT2D eigenvalue weighted by Gasteiger charge is -2.30. The molecule has 306 valence electrons. The summed E-state index contributed by atoms with van der Waals surface area (Å²) in [5.74, 6) is -3.66. The molecular weight excluding hydrogens is 762 g/mol. The van der Waals surface area contributed by atoms with Crippen molar-refractivity contribution in [2.45, 2.75) is 126 Å². The highest BCUT2D eigenvalue weighted by atomic mass is 32.2. The zero-order valence-electron chi connectivity index (χ0n) is 31.8. The lowest BCUT2D eigenvalue weighted by atomic mass is 10.0. The van der Waals surface area contributed by atoms with Crippen LogP contribution in [0, 0.1) is 5.92 Å². The topological polar surface area (TPSA) is 195 Å². The zero-order chi connectivity index (χ0) is 40.8. The fraction of sp³-hybridized carbons (Fsp3) is 0.622. The van der Waals surface area contributed by atoms with E-state index in [-0.39, 0.29) is 30.3 Å². The highest BCUT2D eigenvalue weighted by Crippen LogP contribution is 2.47. The number of halogens is 3. The number of amides is 4. The second-order valence-corrected chi connectivity index (χ2v) is 18.3. The van der Waals surface area contributed by atoms with Crippen molar-refractivity contribution in [3.05, 3.63) is 36.0 Å². The predicted molar refractivity (Wildman–Crippen MR) is 195 cm³/mol. The molecule has 1 aromatic carbocycles. The molecule has 2 saturated carbocycles. The number of aromatic nitrogens is 2. The Bertz CT molecular complexity index is 2030. The van der Waals surface area contributed by atoms with E-state index >= 15 is 0 Å². The molecule has 2 aliphatic carbocycles. The van der Waals surface area contributed by atoms with Gasteiger partial charge in [-0.25, -0.2) is 23.2 Å². The third-order valence-corrected chi connectivity index (χ3v) is 12.7. The van der Waals surface area contributed by atoms with Gasteiger partial charge in [-0.05, 0) is 78.4 Å². The highest BCUT2D eigenvalue weighted by Gasteiger charge is 2.63. The Labute approximate surface area is 322 Å². The molecule has 5 atom stereocenters. The Morgan fingerprint density at radius 1 is 1.05 bits per heavy atom. The summed E-state index contributed by atoms with van der Waals surface area (Å²) in [6.07, 6.45) is -0.480. The summed E-state index contributed by atoms with van der Waals surface area (Å²) < 4.78 is 86.8. The zero-order valence-corrected chi connectivity index (χ0v) is 32.6. The first-order valence-electron chi connectivity index (χ1n) is 18.6. The minimum Gasteiger partial charge on any atom is -0.497 e. The van der Waals surface area contributed by atoms with Gasteiger partial charge in [0.25, 0.3) is 5.91 Å². The van der Waals surface area contributed by atoms with Crippen molar-refractivity contribution in [1.29, 1.82) is 0 Å². The van der Waals surface area contributed by atoms with E-state index in [9.17, 15) is 40.8 Å². The van der Waals surface area contributed by atoms with Crippen LogP contribution in [0.2, 0.25) is 0 Å². The van der Waals surface area contributed by atoms with Crippen molar-refractivity contribution in [1.82, 2.24) is 30.2 Å². The Hall–Kier alpha value is -4.68. The largest absolute Gasteiger partial charge is 0.497 e. The van der Waals surface area contributed by atoms with E-state index in [1.807, 2.05) is 6.08 Å². The number of hydrogen-bond acceptors (Lipinski definition) is 11. The number of alkyl halides is 3. The number of benzene rings is 1. The number of sulfonamides is 1. The van der Waals surface area contributed by atoms with Crippen LogP contribution in [0.1, 0.15) is 91.2 Å². The average molecular weight is 809 g/mol. The van der Waals surface area contributed by atoms with Gasteiger partial charge in [-0.2, -0.15) is 13.2 Å². The summed E-state index contributed by atoms with van der Waals surface area (Å²) >= 11 is 0. The monoisotopic (exact) mass is 808 g/mol. The van der Waals surface area contributed by atoms with E-state index < -0.39 is 98.1 Å². The minimum absolute atomic E-state index is 0.0337. The third-order valence-electron chi connectivity index (χ3n) is 10.6. The van der Waals surface area contributed by atoms with Gasteiger partial charge < -0.3 is 29.7 Å². The maximum absolute atomic E-state index is 14.4. The standard InChI is InChI=1S/C37H47F3N6O9S/c1-34(2,3)55-33(50)43-25-12-10-8-6-7-9-11-21-19-36(21,32(49)45-56(51,52)35(4)15-16-35)44-29(47)27-18-23(20-46(27)31(25)48)54-30-28(37(38,39)40)41-24-14-13-22(53-5)17-26(24)42-30/h9,11,13-14,17,21,23,25,27H,6-8,10,12,15-16,18-20H2,1-5H3,(H,43,50)(H,44,47)(H,45,49)/b11-9-/t21?,23-,25+,27+,36-/m1/s1. The Morgan fingerprint density at radius 3 is 2.45 bits per heavy atom. The Morgan fingerprint density at radius 2 is 1.79 bits per heavy atom. The fourth-order valence-corrected chi connectivity index (χ4v) is 8.28. The fourth-order valence-electron chi connectivity index (χ4n) is 6.97. The molecule has 0 radical (unpaired) electrons. The first kappa shape index (κ1) is 41.0. The quantitative estimate of drug-likeness (QED) is 0.338. The molecular formula is C37H47F3N6O9S. The lowest BCUT2D eigenvalue weighted by Crippen LogP contribution is -2.58. The summed E-state index contributed by atoms with van der Waals surface area (Å²) in [5.41, 5.74) is -4.06. The maximum Gasteiger partial charge on any atom is 0.438 e. The van der Waals surface area contributed by atoms with Crippen LogP contribution in [0.25, 0.3) is 11.0 Å². The number of alkyl carbamates (subject to hydrolysis) is 1. The number of ether oxygens (including phenoxy) is 3. The van der Waals surface area contributed by atoms with E-state index in [2.05, 4.69) is 25.3 Å². The molecule has 3 fully saturated rings. The normalized spacial score (nSPS) is 27.4. The average Bonchev–Trinajstić information content (AvgIpc) is 3.98. The van der Waals surface area contributed by atoms with E-state index in [1.54, 1.807) is 26.8 Å². The molecule has 4 amide bonds. The van der Waals surface area contributed by atoms with Crippen molar-refractivity contribution in [3.63, 3.8) is 0 Å². The number of rotatable bonds is 7. The predicted octanol–water partition coefficient (Wildman–Crippen LogP) is 4.29. The van der Waals surface area contributed by atoms with Crippen LogP contribution in [0.15, 0.2) is 30.4 Å². The minimum atomic E-state index is -5.00. The van der Waals surface area contributed by atoms with Crippen LogP contribution >= 0.6 is 0 Å². The number of nitrogens with zero attached hydrogens (tertiary/aromatic N) is 3. The number of nitrogens with one attached hydrogen (secondary N) is 3. The maximum atomic E-state index is 14.4. The van der Waals surface area contributed by atoms with Gasteiger partial charge >= 0.3 is 12.3 Å². The van der Waals surface area contributed by atoms with Gasteiger partial charge in [0, 0.05) is 18.4 Å². The van der Waals surface area contributed by atoms with Crippen LogP contribution < -0.4 is 24.8 Å². The molecule has 2 aromatic rings. The Kier molecular flexibility index (Phi) is 11.0. The van der Waals surface area contributed by atoms with Crippen molar-refractivity contribution in [2.24, 2.45) is 5.92 Å². The molecule has 3 N–H and O–H groups in total. The number of allylic oxidation sites excluding steroid dienone is 1. The summed E-state index contributed by atoms with van der Waals surface area (Å²) in [6.45, 7) is 6.05. The second-order valence-electron chi connectivity index (χ2n) is 16.1. The van der Waals surface area contributed by atoms with Crippen LogP contribution in [0.4, 0.5) is 18.0 Å². The first-order chi connectivity index (χ1) is 26.1. The van der Waals surface area contributed by atoms with Gasteiger partial charge in [0.15, 0.2) is 0 Å². The molecule has 56 heavy (non-hydrogen) atoms. The van der Waals surface area contributed by atoms with E-state index in [1.165, 1.54) is 32.2 Å². The SMILES string of the molecule is COc1ccc2nc(C(F)(F)F)c(O[C@@H]3C[C@H]4C(=O)N[C@]5(C(=O)NS(=O)(=O)C6(C)CC6)CC5/C=C\CCCCC[C@H](NC(=O)OC(C)(C)C)C(=O)N4C3)nc2c1. The smallest absolute Gasteiger partial charge is 0.438 e. The van der Waals surface area contributed by atoms with Gasteiger partial charge in [0.2, 0.25) is 33.4 Å². The number of methoxy groups -OCH3 is 1. The molecule has 0 spiro atoms. The number of carbonyl (C=O) groups is 4. The summed E-state index contributed by atoms with van der Waals surface area (Å²) in [5, 5.41) is 5.32. The molecule has 6 rings (SSSR count). The van der Waals surface area contributed by atoms with Gasteiger partial charge in [-0.15, -0.1) is 0 Å². The molecule has 15 nitrogen and oxygen atoms in total. The van der Waals surface area contributed by atoms with Crippen LogP contribution in [0.5, 0.6) is 11.6 Å². The van der Waals surface area contributed by atoms with Crippen molar-refractivity contribution < 1.29 is 55.0 Å². The Balaban J connectivity index is 1.35. The first-order valence-corrected chi connectivity index (χ1v) is 20.1. The van der Waals surface area contributed by atoms with Crippen LogP contribution in [0.3, 0.4) is 0 Å². The number of fused-ring (bicyclic) bond motifs is 3. The van der Waals surface area contributed by atoms with E-state index in [0.717, 1.165) is 4.90 Å². The van der Waals surface area contributed by atoms with Gasteiger partial charge in [-0.1, -0.05) is 25.0 Å². The molecule has 0 bridgehead atoms. The lowest BCUT2D eigenvalue weighted by molar-refractivity contribution is -0.143. The van der Waals surface area contributed by atoms with Crippen LogP contribution in [-0.2, 0) is 35.3 Å². The van der Waals surface area contributed by atoms with Gasteiger partial charge in [-0.3, -0.25) is 19.1 Å². The molecule has 1 saturated heterocycles. The van der Waals surface area contributed by atoms with Crippen molar-refractivity contribution in [2.75, 3.05) is 13.7 Å². The molecule has 1 aromatic heterocycles. The summed E-state index contributed by atoms with van der Waals surface area (Å²) in [6, 6.07) is 1.51. The summed E-state index contributed by atoms with van der Waals surface area (Å²) in [7, 11) is -2.71. The molecule has 3 heterocycles. The molecule has 2 aliphatic heterocycles. The molecule has 4 aliphatic rings. The number of hydrogen-bond donors (Lipinski definition) is 3. The van der Waals surface area contributed by atoms with Crippen molar-refractivity contribution in [3.8, 4) is 11.6 Å². The van der Waals surface area contributed by atoms with Gasteiger partial charge in [0.1, 0.15) is 35.1 Å². The van der Waals surface area contributed by atoms with Crippen LogP contribution in [-0.4, -0.2) is 94.8 Å². The third kappa shape index (κ3) is 8.81. The molecule has 1 unspecified atom stereocenters. The number of carbonyl (C=O) groups excluding carboxylic acids is 4.